The topological polar surface area (TPSA) is 21.3 Å². The molecule has 1 aliphatic rings. The predicted molar refractivity (Wildman–Crippen MR) is 86.8 cm³/mol. The molecule has 0 fully saturated rings. The van der Waals surface area contributed by atoms with E-state index in [2.05, 4.69) is 67.7 Å². The van der Waals surface area contributed by atoms with Crippen LogP contribution in [0.1, 0.15) is 43.0 Å². The van der Waals surface area contributed by atoms with E-state index in [1.807, 2.05) is 7.05 Å². The Labute approximate surface area is 127 Å². The highest BCUT2D eigenvalue weighted by Crippen LogP contribution is 2.39. The molecule has 1 N–H and O–H groups in total. The summed E-state index contributed by atoms with van der Waals surface area (Å²) in [5, 5.41) is 3.43. The Morgan fingerprint density at radius 3 is 2.57 bits per heavy atom. The Hall–Kier alpha value is -1.80. The van der Waals surface area contributed by atoms with E-state index < -0.39 is 0 Å². The van der Waals surface area contributed by atoms with Crippen LogP contribution >= 0.6 is 0 Å². The number of fused-ring (bicyclic) bond motifs is 1. The Morgan fingerprint density at radius 2 is 1.86 bits per heavy atom. The third kappa shape index (κ3) is 3.11. The van der Waals surface area contributed by atoms with Crippen LogP contribution in [0.3, 0.4) is 0 Å². The van der Waals surface area contributed by atoms with Gasteiger partial charge in [-0.15, -0.1) is 0 Å². The van der Waals surface area contributed by atoms with E-state index in [4.69, 9.17) is 4.74 Å². The lowest BCUT2D eigenvalue weighted by molar-refractivity contribution is 0.0675. The van der Waals surface area contributed by atoms with Crippen LogP contribution in [0, 0.1) is 0 Å². The molecule has 2 aromatic carbocycles. The molecule has 0 aromatic heterocycles. The molecule has 0 spiro atoms. The molecule has 2 heteroatoms. The molecule has 1 heterocycles. The van der Waals surface area contributed by atoms with Crippen molar-refractivity contribution in [1.29, 1.82) is 0 Å². The second-order valence-electron chi connectivity index (χ2n) is 6.44. The highest BCUT2D eigenvalue weighted by Gasteiger charge is 2.32. The van der Waals surface area contributed by atoms with E-state index in [0.717, 1.165) is 18.6 Å². The monoisotopic (exact) mass is 281 g/mol. The van der Waals surface area contributed by atoms with Crippen LogP contribution in [0.15, 0.2) is 48.5 Å². The molecule has 21 heavy (non-hydrogen) atoms. The first-order chi connectivity index (χ1) is 10.1. The highest BCUT2D eigenvalue weighted by atomic mass is 16.5. The van der Waals surface area contributed by atoms with Gasteiger partial charge in [-0.2, -0.15) is 0 Å². The summed E-state index contributed by atoms with van der Waals surface area (Å²) in [7, 11) is 2.03. The molecule has 2 aromatic rings. The Balaban J connectivity index is 1.90. The van der Waals surface area contributed by atoms with Crippen molar-refractivity contribution in [3.8, 4) is 5.75 Å². The maximum atomic E-state index is 6.12. The van der Waals surface area contributed by atoms with Gasteiger partial charge in [0, 0.05) is 18.0 Å². The standard InChI is InChI=1S/C19H23NO/c1-19(2)13-17(20-3)16-12-15(9-10-18(16)21-19)11-14-7-5-4-6-8-14/h4-10,12,17,20H,11,13H2,1-3H3. The van der Waals surface area contributed by atoms with Crippen molar-refractivity contribution < 1.29 is 4.74 Å². The minimum Gasteiger partial charge on any atom is -0.487 e. The lowest BCUT2D eigenvalue weighted by Crippen LogP contribution is -2.38. The van der Waals surface area contributed by atoms with Crippen molar-refractivity contribution in [2.24, 2.45) is 0 Å². The van der Waals surface area contributed by atoms with Gasteiger partial charge in [-0.25, -0.2) is 0 Å². The quantitative estimate of drug-likeness (QED) is 0.914. The number of hydrogen-bond acceptors (Lipinski definition) is 2. The molecule has 0 amide bonds. The summed E-state index contributed by atoms with van der Waals surface area (Å²) < 4.78 is 6.12. The van der Waals surface area contributed by atoms with Gasteiger partial charge in [0.2, 0.25) is 0 Å². The predicted octanol–water partition coefficient (Wildman–Crippen LogP) is 4.10. The Kier molecular flexibility index (Phi) is 3.73. The molecular formula is C19H23NO. The molecule has 0 saturated carbocycles. The SMILES string of the molecule is CNC1CC(C)(C)Oc2ccc(Cc3ccccc3)cc21. The Morgan fingerprint density at radius 1 is 1.10 bits per heavy atom. The number of nitrogens with one attached hydrogen (secondary N) is 1. The third-order valence-electron chi connectivity index (χ3n) is 4.13. The number of rotatable bonds is 3. The van der Waals surface area contributed by atoms with Crippen molar-refractivity contribution in [3.05, 3.63) is 65.2 Å². The molecule has 1 aliphatic heterocycles. The molecule has 1 unspecified atom stereocenters. The summed E-state index contributed by atoms with van der Waals surface area (Å²) in [6, 6.07) is 17.6. The van der Waals surface area contributed by atoms with Crippen molar-refractivity contribution in [2.75, 3.05) is 7.05 Å². The zero-order chi connectivity index (χ0) is 14.9. The molecule has 0 bridgehead atoms. The van der Waals surface area contributed by atoms with E-state index >= 15 is 0 Å². The summed E-state index contributed by atoms with van der Waals surface area (Å²) in [5.41, 5.74) is 3.85. The zero-order valence-corrected chi connectivity index (χ0v) is 13.0. The molecule has 3 rings (SSSR count). The van der Waals surface area contributed by atoms with Crippen LogP contribution in [-0.4, -0.2) is 12.6 Å². The second kappa shape index (κ2) is 5.53. The van der Waals surface area contributed by atoms with Gasteiger partial charge in [-0.05, 0) is 44.5 Å². The fourth-order valence-electron chi connectivity index (χ4n) is 3.10. The minimum atomic E-state index is -0.110. The molecule has 0 radical (unpaired) electrons. The third-order valence-corrected chi connectivity index (χ3v) is 4.13. The second-order valence-corrected chi connectivity index (χ2v) is 6.44. The summed E-state index contributed by atoms with van der Waals surface area (Å²) >= 11 is 0. The number of ether oxygens (including phenoxy) is 1. The van der Waals surface area contributed by atoms with Crippen LogP contribution in [0.25, 0.3) is 0 Å². The van der Waals surface area contributed by atoms with Gasteiger partial charge in [0.25, 0.3) is 0 Å². The van der Waals surface area contributed by atoms with Gasteiger partial charge in [0.15, 0.2) is 0 Å². The van der Waals surface area contributed by atoms with Crippen LogP contribution < -0.4 is 10.1 Å². The molecule has 2 nitrogen and oxygen atoms in total. The maximum Gasteiger partial charge on any atom is 0.124 e. The normalized spacial score (nSPS) is 19.7. The molecule has 0 saturated heterocycles. The Bertz CT molecular complexity index is 619. The fourth-order valence-corrected chi connectivity index (χ4v) is 3.10. The van der Waals surface area contributed by atoms with Gasteiger partial charge in [0.1, 0.15) is 11.4 Å². The van der Waals surface area contributed by atoms with Gasteiger partial charge in [0.05, 0.1) is 0 Å². The molecule has 110 valence electrons. The van der Waals surface area contributed by atoms with Crippen LogP contribution in [0.2, 0.25) is 0 Å². The number of hydrogen-bond donors (Lipinski definition) is 1. The first kappa shape index (κ1) is 14.2. The van der Waals surface area contributed by atoms with E-state index in [0.29, 0.717) is 6.04 Å². The van der Waals surface area contributed by atoms with Crippen LogP contribution in [0.4, 0.5) is 0 Å². The minimum absolute atomic E-state index is 0.110. The largest absolute Gasteiger partial charge is 0.487 e. The van der Waals surface area contributed by atoms with Crippen LogP contribution in [0.5, 0.6) is 5.75 Å². The van der Waals surface area contributed by atoms with Gasteiger partial charge >= 0.3 is 0 Å². The fraction of sp³-hybridized carbons (Fsp3) is 0.368. The summed E-state index contributed by atoms with van der Waals surface area (Å²) in [6.45, 7) is 4.30. The van der Waals surface area contributed by atoms with E-state index in [9.17, 15) is 0 Å². The van der Waals surface area contributed by atoms with E-state index in [1.165, 1.54) is 16.7 Å². The lowest BCUT2D eigenvalue weighted by atomic mass is 9.88. The smallest absolute Gasteiger partial charge is 0.124 e. The first-order valence-electron chi connectivity index (χ1n) is 7.60. The summed E-state index contributed by atoms with van der Waals surface area (Å²) in [6.07, 6.45) is 1.96. The van der Waals surface area contributed by atoms with E-state index in [-0.39, 0.29) is 5.60 Å². The summed E-state index contributed by atoms with van der Waals surface area (Å²) in [5.74, 6) is 1.02. The maximum absolute atomic E-state index is 6.12. The first-order valence-corrected chi connectivity index (χ1v) is 7.60. The molecule has 1 atom stereocenters. The van der Waals surface area contributed by atoms with Crippen molar-refractivity contribution in [3.63, 3.8) is 0 Å². The lowest BCUT2D eigenvalue weighted by Gasteiger charge is -2.37. The molecule has 0 aliphatic carbocycles. The van der Waals surface area contributed by atoms with Gasteiger partial charge in [-0.3, -0.25) is 0 Å². The average Bonchev–Trinajstić information content (AvgIpc) is 2.47. The average molecular weight is 281 g/mol. The van der Waals surface area contributed by atoms with Gasteiger partial charge < -0.3 is 10.1 Å². The summed E-state index contributed by atoms with van der Waals surface area (Å²) in [4.78, 5) is 0. The highest BCUT2D eigenvalue weighted by molar-refractivity contribution is 5.43. The zero-order valence-electron chi connectivity index (χ0n) is 13.0. The van der Waals surface area contributed by atoms with Crippen molar-refractivity contribution in [2.45, 2.75) is 38.3 Å². The van der Waals surface area contributed by atoms with Crippen LogP contribution in [-0.2, 0) is 6.42 Å². The van der Waals surface area contributed by atoms with Crippen molar-refractivity contribution in [1.82, 2.24) is 5.32 Å². The molecular weight excluding hydrogens is 258 g/mol. The van der Waals surface area contributed by atoms with Gasteiger partial charge in [-0.1, -0.05) is 42.5 Å². The van der Waals surface area contributed by atoms with E-state index in [1.54, 1.807) is 0 Å². The number of benzene rings is 2. The van der Waals surface area contributed by atoms with Crippen molar-refractivity contribution >= 4 is 0 Å².